The summed E-state index contributed by atoms with van der Waals surface area (Å²) in [5, 5.41) is 12.3. The zero-order valence-corrected chi connectivity index (χ0v) is 10.7. The third-order valence-electron chi connectivity index (χ3n) is 2.45. The van der Waals surface area contributed by atoms with Gasteiger partial charge in [-0.15, -0.1) is 0 Å². The number of nitriles is 1. The zero-order chi connectivity index (χ0) is 12.1. The highest BCUT2D eigenvalue weighted by molar-refractivity contribution is 9.10. The first-order valence-electron chi connectivity index (χ1n) is 5.27. The molecule has 0 aliphatic rings. The van der Waals surface area contributed by atoms with Gasteiger partial charge in [0.15, 0.2) is 0 Å². The van der Waals surface area contributed by atoms with Gasteiger partial charge in [-0.2, -0.15) is 5.26 Å². The van der Waals surface area contributed by atoms with Crippen LogP contribution in [0.5, 0.6) is 0 Å². The molecule has 0 amide bonds. The van der Waals surface area contributed by atoms with Crippen molar-refractivity contribution in [2.24, 2.45) is 0 Å². The van der Waals surface area contributed by atoms with Gasteiger partial charge < -0.3 is 5.32 Å². The van der Waals surface area contributed by atoms with E-state index in [1.54, 1.807) is 0 Å². The summed E-state index contributed by atoms with van der Waals surface area (Å²) in [4.78, 5) is 0. The molecule has 0 aromatic heterocycles. The lowest BCUT2D eigenvalue weighted by Crippen LogP contribution is -2.01. The summed E-state index contributed by atoms with van der Waals surface area (Å²) >= 11 is 3.42. The molecule has 17 heavy (non-hydrogen) atoms. The maximum Gasteiger partial charge on any atom is 0.0995 e. The highest BCUT2D eigenvalue weighted by atomic mass is 79.9. The van der Waals surface area contributed by atoms with Gasteiger partial charge in [0, 0.05) is 16.7 Å². The van der Waals surface area contributed by atoms with Crippen LogP contribution in [0.1, 0.15) is 11.1 Å². The van der Waals surface area contributed by atoms with Gasteiger partial charge in [0.1, 0.15) is 0 Å². The maximum atomic E-state index is 8.97. The Labute approximate surface area is 109 Å². The van der Waals surface area contributed by atoms with Crippen molar-refractivity contribution in [3.05, 3.63) is 64.1 Å². The number of hydrogen-bond acceptors (Lipinski definition) is 2. The first-order chi connectivity index (χ1) is 8.29. The average molecular weight is 287 g/mol. The van der Waals surface area contributed by atoms with Crippen LogP contribution < -0.4 is 5.32 Å². The van der Waals surface area contributed by atoms with E-state index in [9.17, 15) is 0 Å². The summed E-state index contributed by atoms with van der Waals surface area (Å²) in [6.07, 6.45) is 0. The van der Waals surface area contributed by atoms with Crippen LogP contribution in [0.15, 0.2) is 53.0 Å². The number of anilines is 1. The summed E-state index contributed by atoms with van der Waals surface area (Å²) in [5.41, 5.74) is 2.76. The highest BCUT2D eigenvalue weighted by Crippen LogP contribution is 2.17. The fourth-order valence-electron chi connectivity index (χ4n) is 1.58. The van der Waals surface area contributed by atoms with E-state index >= 15 is 0 Å². The van der Waals surface area contributed by atoms with E-state index in [0.717, 1.165) is 21.3 Å². The van der Waals surface area contributed by atoms with Crippen LogP contribution in [-0.4, -0.2) is 0 Å². The van der Waals surface area contributed by atoms with Crippen LogP contribution in [0.4, 0.5) is 5.69 Å². The van der Waals surface area contributed by atoms with Crippen molar-refractivity contribution in [1.82, 2.24) is 0 Å². The molecule has 0 saturated heterocycles. The summed E-state index contributed by atoms with van der Waals surface area (Å²) < 4.78 is 1.04. The van der Waals surface area contributed by atoms with Crippen molar-refractivity contribution < 1.29 is 0 Å². The standard InChI is InChI=1S/C14H11BrN2/c15-13-6-3-7-14(8-13)17-10-12-5-2-1-4-11(12)9-16/h1-8,17H,10H2. The second kappa shape index (κ2) is 5.51. The quantitative estimate of drug-likeness (QED) is 0.928. The lowest BCUT2D eigenvalue weighted by molar-refractivity contribution is 1.14. The van der Waals surface area contributed by atoms with Crippen molar-refractivity contribution in [2.75, 3.05) is 5.32 Å². The molecule has 2 rings (SSSR count). The molecule has 0 bridgehead atoms. The van der Waals surface area contributed by atoms with Gasteiger partial charge >= 0.3 is 0 Å². The largest absolute Gasteiger partial charge is 0.381 e. The second-order valence-electron chi connectivity index (χ2n) is 3.63. The summed E-state index contributed by atoms with van der Waals surface area (Å²) in [6.45, 7) is 0.653. The normalized spacial score (nSPS) is 9.65. The monoisotopic (exact) mass is 286 g/mol. The van der Waals surface area contributed by atoms with Crippen LogP contribution in [0.25, 0.3) is 0 Å². The molecule has 0 spiro atoms. The molecule has 2 aromatic carbocycles. The Morgan fingerprint density at radius 1 is 1.12 bits per heavy atom. The third-order valence-corrected chi connectivity index (χ3v) is 2.94. The Balaban J connectivity index is 2.10. The molecule has 2 nitrogen and oxygen atoms in total. The number of halogens is 1. The summed E-state index contributed by atoms with van der Waals surface area (Å²) in [5.74, 6) is 0. The van der Waals surface area contributed by atoms with Crippen molar-refractivity contribution in [3.8, 4) is 6.07 Å². The Hall–Kier alpha value is -1.79. The minimum absolute atomic E-state index is 0.653. The van der Waals surface area contributed by atoms with E-state index in [4.69, 9.17) is 5.26 Å². The molecule has 3 heteroatoms. The van der Waals surface area contributed by atoms with E-state index < -0.39 is 0 Å². The number of rotatable bonds is 3. The summed E-state index contributed by atoms with van der Waals surface area (Å²) in [6, 6.07) is 17.8. The topological polar surface area (TPSA) is 35.8 Å². The first-order valence-corrected chi connectivity index (χ1v) is 6.06. The fourth-order valence-corrected chi connectivity index (χ4v) is 1.98. The molecule has 0 heterocycles. The van der Waals surface area contributed by atoms with Gasteiger partial charge in [0.05, 0.1) is 11.6 Å². The van der Waals surface area contributed by atoms with Gasteiger partial charge in [-0.05, 0) is 29.8 Å². The zero-order valence-electron chi connectivity index (χ0n) is 9.15. The molecule has 0 fully saturated rings. The molecule has 0 unspecified atom stereocenters. The Kier molecular flexibility index (Phi) is 3.79. The van der Waals surface area contributed by atoms with Crippen LogP contribution >= 0.6 is 15.9 Å². The molecule has 2 aromatic rings. The maximum absolute atomic E-state index is 8.97. The number of nitrogens with zero attached hydrogens (tertiary/aromatic N) is 1. The Morgan fingerprint density at radius 3 is 2.71 bits per heavy atom. The molecular weight excluding hydrogens is 276 g/mol. The third kappa shape index (κ3) is 3.08. The molecule has 0 atom stereocenters. The number of hydrogen-bond donors (Lipinski definition) is 1. The second-order valence-corrected chi connectivity index (χ2v) is 4.55. The van der Waals surface area contributed by atoms with E-state index in [-0.39, 0.29) is 0 Å². The average Bonchev–Trinajstić information content (AvgIpc) is 2.37. The summed E-state index contributed by atoms with van der Waals surface area (Å²) in [7, 11) is 0. The predicted molar refractivity (Wildman–Crippen MR) is 72.6 cm³/mol. The van der Waals surface area contributed by atoms with Crippen LogP contribution in [0.3, 0.4) is 0 Å². The predicted octanol–water partition coefficient (Wildman–Crippen LogP) is 3.93. The van der Waals surface area contributed by atoms with Gasteiger partial charge in [-0.3, -0.25) is 0 Å². The van der Waals surface area contributed by atoms with E-state index in [1.165, 1.54) is 0 Å². The van der Waals surface area contributed by atoms with Crippen LogP contribution in [0, 0.1) is 11.3 Å². The van der Waals surface area contributed by atoms with E-state index in [1.807, 2.05) is 48.5 Å². The van der Waals surface area contributed by atoms with Gasteiger partial charge in [-0.25, -0.2) is 0 Å². The van der Waals surface area contributed by atoms with Gasteiger partial charge in [0.2, 0.25) is 0 Å². The van der Waals surface area contributed by atoms with Crippen molar-refractivity contribution in [1.29, 1.82) is 5.26 Å². The van der Waals surface area contributed by atoms with Crippen LogP contribution in [-0.2, 0) is 6.54 Å². The van der Waals surface area contributed by atoms with Crippen molar-refractivity contribution >= 4 is 21.6 Å². The lowest BCUT2D eigenvalue weighted by Gasteiger charge is -2.08. The van der Waals surface area contributed by atoms with Crippen molar-refractivity contribution in [2.45, 2.75) is 6.54 Å². The molecule has 0 saturated carbocycles. The Morgan fingerprint density at radius 2 is 1.94 bits per heavy atom. The van der Waals surface area contributed by atoms with Gasteiger partial charge in [-0.1, -0.05) is 40.2 Å². The highest BCUT2D eigenvalue weighted by Gasteiger charge is 2.00. The molecule has 0 aliphatic heterocycles. The Bertz CT molecular complexity index is 558. The molecule has 84 valence electrons. The number of nitrogens with one attached hydrogen (secondary N) is 1. The SMILES string of the molecule is N#Cc1ccccc1CNc1cccc(Br)c1. The van der Waals surface area contributed by atoms with E-state index in [2.05, 4.69) is 27.3 Å². The molecule has 0 aliphatic carbocycles. The first kappa shape index (κ1) is 11.7. The van der Waals surface area contributed by atoms with Crippen molar-refractivity contribution in [3.63, 3.8) is 0 Å². The lowest BCUT2D eigenvalue weighted by atomic mass is 10.1. The smallest absolute Gasteiger partial charge is 0.0995 e. The van der Waals surface area contributed by atoms with Gasteiger partial charge in [0.25, 0.3) is 0 Å². The van der Waals surface area contributed by atoms with Crippen LogP contribution in [0.2, 0.25) is 0 Å². The minimum atomic E-state index is 0.653. The van der Waals surface area contributed by atoms with E-state index in [0.29, 0.717) is 6.54 Å². The molecule has 0 radical (unpaired) electrons. The molecular formula is C14H11BrN2. The number of benzene rings is 2. The minimum Gasteiger partial charge on any atom is -0.381 e. The molecule has 1 N–H and O–H groups in total. The fraction of sp³-hybridized carbons (Fsp3) is 0.0714.